The molecule has 1 aliphatic heterocycles. The van der Waals surface area contributed by atoms with Crippen LogP contribution in [-0.2, 0) is 9.53 Å². The second-order valence-corrected chi connectivity index (χ2v) is 7.41. The lowest BCUT2D eigenvalue weighted by molar-refractivity contribution is -0.386. The van der Waals surface area contributed by atoms with Crippen LogP contribution in [-0.4, -0.2) is 36.7 Å². The molecule has 0 saturated carbocycles. The van der Waals surface area contributed by atoms with Crippen molar-refractivity contribution in [2.24, 2.45) is 0 Å². The van der Waals surface area contributed by atoms with E-state index in [4.69, 9.17) is 14.2 Å². The van der Waals surface area contributed by atoms with Gasteiger partial charge < -0.3 is 24.8 Å². The largest absolute Gasteiger partial charge is 0.493 e. The monoisotopic (exact) mass is 435 g/mol. The first-order chi connectivity index (χ1) is 14.7. The fourth-order valence-electron chi connectivity index (χ4n) is 3.23. The third kappa shape index (κ3) is 5.87. The van der Waals surface area contributed by atoms with E-state index in [0.717, 1.165) is 19.3 Å². The van der Waals surface area contributed by atoms with Gasteiger partial charge in [-0.05, 0) is 38.8 Å². The molecule has 0 aromatic heterocycles. The van der Waals surface area contributed by atoms with Crippen molar-refractivity contribution in [3.63, 3.8) is 0 Å². The first-order valence-corrected chi connectivity index (χ1v) is 10.2. The predicted octanol–water partition coefficient (Wildman–Crippen LogP) is 3.75. The van der Waals surface area contributed by atoms with Crippen molar-refractivity contribution in [1.29, 1.82) is 0 Å². The molecule has 2 rings (SSSR count). The fraction of sp³-hybridized carbons (Fsp3) is 0.524. The molecule has 1 unspecified atom stereocenters. The molecule has 2 amide bonds. The van der Waals surface area contributed by atoms with Crippen LogP contribution < -0.4 is 20.1 Å². The number of esters is 1. The number of methoxy groups -OCH3 is 1. The molecule has 0 fully saturated rings. The van der Waals surface area contributed by atoms with Gasteiger partial charge in [-0.25, -0.2) is 9.59 Å². The van der Waals surface area contributed by atoms with E-state index in [1.54, 1.807) is 20.8 Å². The maximum Gasteiger partial charge on any atom is 0.338 e. The number of unbranched alkanes of at least 4 members (excludes halogenated alkanes) is 2. The molecule has 10 nitrogen and oxygen atoms in total. The molecular weight excluding hydrogens is 406 g/mol. The van der Waals surface area contributed by atoms with E-state index >= 15 is 0 Å². The average molecular weight is 435 g/mol. The van der Waals surface area contributed by atoms with Crippen molar-refractivity contribution in [2.45, 2.75) is 59.1 Å². The lowest BCUT2D eigenvalue weighted by Crippen LogP contribution is -2.45. The number of ether oxygens (including phenoxy) is 3. The molecule has 1 aliphatic rings. The van der Waals surface area contributed by atoms with Gasteiger partial charge in [0.2, 0.25) is 5.75 Å². The molecule has 1 atom stereocenters. The average Bonchev–Trinajstić information content (AvgIpc) is 2.69. The van der Waals surface area contributed by atoms with E-state index in [2.05, 4.69) is 10.6 Å². The van der Waals surface area contributed by atoms with Gasteiger partial charge in [-0.1, -0.05) is 19.8 Å². The van der Waals surface area contributed by atoms with E-state index in [-0.39, 0.29) is 28.9 Å². The summed E-state index contributed by atoms with van der Waals surface area (Å²) < 4.78 is 16.3. The second-order valence-electron chi connectivity index (χ2n) is 7.41. The van der Waals surface area contributed by atoms with Crippen molar-refractivity contribution in [1.82, 2.24) is 10.6 Å². The Hall–Kier alpha value is -3.30. The standard InChI is InChI=1S/C21H29N3O7/c1-6-7-8-9-30-19-15(24(27)28)10-14(11-16(19)29-5)18-17(20(25)31-12(2)3)13(4)22-21(26)23-18/h10-12,18H,6-9H2,1-5H3,(H2,22,23,26). The van der Waals surface area contributed by atoms with Gasteiger partial charge in [-0.3, -0.25) is 10.1 Å². The predicted molar refractivity (Wildman–Crippen MR) is 113 cm³/mol. The summed E-state index contributed by atoms with van der Waals surface area (Å²) in [5, 5.41) is 16.9. The molecule has 0 bridgehead atoms. The van der Waals surface area contributed by atoms with Gasteiger partial charge in [-0.15, -0.1) is 0 Å². The lowest BCUT2D eigenvalue weighted by atomic mass is 9.94. The summed E-state index contributed by atoms with van der Waals surface area (Å²) in [6.07, 6.45) is 2.28. The Bertz CT molecular complexity index is 880. The number of nitro benzene ring substituents is 1. The first-order valence-electron chi connectivity index (χ1n) is 10.2. The smallest absolute Gasteiger partial charge is 0.338 e. The number of rotatable bonds is 10. The number of amides is 2. The number of carbonyl (C=O) groups excluding carboxylic acids is 2. The van der Waals surface area contributed by atoms with Crippen LogP contribution in [0.4, 0.5) is 10.5 Å². The number of urea groups is 1. The molecular formula is C21H29N3O7. The van der Waals surface area contributed by atoms with Crippen LogP contribution in [0, 0.1) is 10.1 Å². The normalized spacial score (nSPS) is 15.9. The molecule has 0 radical (unpaired) electrons. The van der Waals surface area contributed by atoms with Gasteiger partial charge in [0.05, 0.1) is 36.4 Å². The van der Waals surface area contributed by atoms with E-state index in [1.807, 2.05) is 6.92 Å². The van der Waals surface area contributed by atoms with Crippen LogP contribution in [0.1, 0.15) is 58.6 Å². The highest BCUT2D eigenvalue weighted by Crippen LogP contribution is 2.41. The maximum atomic E-state index is 12.7. The van der Waals surface area contributed by atoms with Crippen molar-refractivity contribution in [2.75, 3.05) is 13.7 Å². The van der Waals surface area contributed by atoms with Crippen LogP contribution in [0.5, 0.6) is 11.5 Å². The van der Waals surface area contributed by atoms with Crippen LogP contribution in [0.25, 0.3) is 0 Å². The molecule has 170 valence electrons. The second kappa shape index (κ2) is 10.6. The zero-order valence-electron chi connectivity index (χ0n) is 18.4. The zero-order chi connectivity index (χ0) is 23.1. The number of nitro groups is 1. The molecule has 1 aromatic carbocycles. The Kier molecular flexibility index (Phi) is 8.23. The fourth-order valence-corrected chi connectivity index (χ4v) is 3.23. The minimum Gasteiger partial charge on any atom is -0.493 e. The van der Waals surface area contributed by atoms with Crippen molar-refractivity contribution >= 4 is 17.7 Å². The minimum atomic E-state index is -0.957. The molecule has 1 aromatic rings. The first kappa shape index (κ1) is 24.0. The highest BCUT2D eigenvalue weighted by Gasteiger charge is 2.35. The summed E-state index contributed by atoms with van der Waals surface area (Å²) in [5.41, 5.74) is 0.449. The molecule has 0 aliphatic carbocycles. The van der Waals surface area contributed by atoms with Gasteiger partial charge in [0.1, 0.15) is 0 Å². The highest BCUT2D eigenvalue weighted by molar-refractivity contribution is 5.95. The molecule has 0 saturated heterocycles. The van der Waals surface area contributed by atoms with Crippen LogP contribution in [0.3, 0.4) is 0 Å². The van der Waals surface area contributed by atoms with Gasteiger partial charge >= 0.3 is 17.7 Å². The number of nitrogens with one attached hydrogen (secondary N) is 2. The zero-order valence-corrected chi connectivity index (χ0v) is 18.4. The number of nitrogens with zero attached hydrogens (tertiary/aromatic N) is 1. The number of hydrogen-bond donors (Lipinski definition) is 2. The van der Waals surface area contributed by atoms with Crippen LogP contribution >= 0.6 is 0 Å². The summed E-state index contributed by atoms with van der Waals surface area (Å²) in [4.78, 5) is 36.0. The number of benzene rings is 1. The summed E-state index contributed by atoms with van der Waals surface area (Å²) in [7, 11) is 1.37. The van der Waals surface area contributed by atoms with Gasteiger partial charge in [0, 0.05) is 11.8 Å². The van der Waals surface area contributed by atoms with Crippen LogP contribution in [0.15, 0.2) is 23.4 Å². The third-order valence-corrected chi connectivity index (χ3v) is 4.63. The molecule has 10 heteroatoms. The quantitative estimate of drug-likeness (QED) is 0.248. The molecule has 1 heterocycles. The SMILES string of the molecule is CCCCCOc1c(OC)cc(C2NC(=O)NC(C)=C2C(=O)OC(C)C)cc1[N+](=O)[O-]. The summed E-state index contributed by atoms with van der Waals surface area (Å²) in [6.45, 7) is 7.33. The van der Waals surface area contributed by atoms with Gasteiger partial charge in [0.15, 0.2) is 5.75 Å². The van der Waals surface area contributed by atoms with E-state index in [9.17, 15) is 19.7 Å². The maximum absolute atomic E-state index is 12.7. The molecule has 2 N–H and O–H groups in total. The number of allylic oxidation sites excluding steroid dienone is 1. The van der Waals surface area contributed by atoms with E-state index in [1.165, 1.54) is 19.2 Å². The van der Waals surface area contributed by atoms with E-state index < -0.39 is 23.0 Å². The number of hydrogen-bond acceptors (Lipinski definition) is 7. The van der Waals surface area contributed by atoms with E-state index in [0.29, 0.717) is 17.9 Å². The summed E-state index contributed by atoms with van der Waals surface area (Å²) in [5.74, 6) is -0.478. The topological polar surface area (TPSA) is 129 Å². The van der Waals surface area contributed by atoms with Crippen molar-refractivity contribution in [3.05, 3.63) is 39.1 Å². The lowest BCUT2D eigenvalue weighted by Gasteiger charge is -2.29. The summed E-state index contributed by atoms with van der Waals surface area (Å²) in [6, 6.07) is 1.31. The highest BCUT2D eigenvalue weighted by atomic mass is 16.6. The van der Waals surface area contributed by atoms with Gasteiger partial charge in [0.25, 0.3) is 0 Å². The minimum absolute atomic E-state index is 0.0135. The Morgan fingerprint density at radius 3 is 2.58 bits per heavy atom. The molecule has 0 spiro atoms. The van der Waals surface area contributed by atoms with Gasteiger partial charge in [-0.2, -0.15) is 0 Å². The number of carbonyl (C=O) groups is 2. The molecule has 31 heavy (non-hydrogen) atoms. The van der Waals surface area contributed by atoms with Crippen molar-refractivity contribution < 1.29 is 28.7 Å². The Morgan fingerprint density at radius 2 is 2.00 bits per heavy atom. The Labute approximate surface area is 181 Å². The summed E-state index contributed by atoms with van der Waals surface area (Å²) >= 11 is 0. The Morgan fingerprint density at radius 1 is 1.29 bits per heavy atom. The third-order valence-electron chi connectivity index (χ3n) is 4.63. The Balaban J connectivity index is 2.53. The van der Waals surface area contributed by atoms with Crippen molar-refractivity contribution in [3.8, 4) is 11.5 Å². The van der Waals surface area contributed by atoms with Crippen LogP contribution in [0.2, 0.25) is 0 Å².